The van der Waals surface area contributed by atoms with Crippen LogP contribution in [-0.2, 0) is 0 Å². The zero-order valence-corrected chi connectivity index (χ0v) is 13.4. The Hall–Kier alpha value is -1.06. The summed E-state index contributed by atoms with van der Waals surface area (Å²) in [6, 6.07) is 8.16. The molecule has 0 radical (unpaired) electrons. The van der Waals surface area contributed by atoms with Crippen LogP contribution in [0.4, 0.5) is 0 Å². The molecule has 114 valence electrons. The van der Waals surface area contributed by atoms with E-state index in [4.69, 9.17) is 4.74 Å². The molecule has 0 amide bonds. The average molecular weight is 279 g/mol. The van der Waals surface area contributed by atoms with Gasteiger partial charge in [0.1, 0.15) is 18.5 Å². The normalized spacial score (nSPS) is 14.9. The van der Waals surface area contributed by atoms with Crippen LogP contribution in [0.15, 0.2) is 24.3 Å². The van der Waals surface area contributed by atoms with E-state index < -0.39 is 6.10 Å². The molecule has 0 aromatic heterocycles. The topological polar surface area (TPSA) is 41.5 Å². The van der Waals surface area contributed by atoms with Crippen LogP contribution in [-0.4, -0.2) is 29.9 Å². The van der Waals surface area contributed by atoms with Crippen molar-refractivity contribution in [2.24, 2.45) is 0 Å². The maximum Gasteiger partial charge on any atom is 0.119 e. The fraction of sp³-hybridized carbons (Fsp3) is 0.647. The van der Waals surface area contributed by atoms with Crippen molar-refractivity contribution in [1.29, 1.82) is 0 Å². The second-order valence-electron chi connectivity index (χ2n) is 6.47. The fourth-order valence-corrected chi connectivity index (χ4v) is 1.80. The van der Waals surface area contributed by atoms with Gasteiger partial charge in [0.25, 0.3) is 0 Å². The van der Waals surface area contributed by atoms with Gasteiger partial charge in [0.2, 0.25) is 0 Å². The summed E-state index contributed by atoms with van der Waals surface area (Å²) >= 11 is 0. The van der Waals surface area contributed by atoms with E-state index in [-0.39, 0.29) is 5.54 Å². The number of hydrogen-bond acceptors (Lipinski definition) is 3. The van der Waals surface area contributed by atoms with Gasteiger partial charge in [0.05, 0.1) is 0 Å². The van der Waals surface area contributed by atoms with Crippen LogP contribution < -0.4 is 10.1 Å². The third-order valence-corrected chi connectivity index (χ3v) is 3.37. The quantitative estimate of drug-likeness (QED) is 0.804. The largest absolute Gasteiger partial charge is 0.491 e. The highest BCUT2D eigenvalue weighted by Gasteiger charge is 2.12. The monoisotopic (exact) mass is 279 g/mol. The molecule has 0 fully saturated rings. The minimum atomic E-state index is -0.497. The summed E-state index contributed by atoms with van der Waals surface area (Å²) in [5.74, 6) is 1.39. The number of nitrogens with one attached hydrogen (secondary N) is 1. The van der Waals surface area contributed by atoms with Gasteiger partial charge < -0.3 is 15.2 Å². The summed E-state index contributed by atoms with van der Waals surface area (Å²) in [7, 11) is 0. The molecule has 0 bridgehead atoms. The second kappa shape index (κ2) is 7.65. The molecule has 1 aromatic rings. The van der Waals surface area contributed by atoms with E-state index in [0.717, 1.165) is 12.2 Å². The summed E-state index contributed by atoms with van der Waals surface area (Å²) < 4.78 is 5.61. The van der Waals surface area contributed by atoms with Crippen LogP contribution in [0, 0.1) is 0 Å². The number of β-amino-alcohol motifs (C(OH)–C–C–N with tert-alkyl or cyclic N) is 1. The third-order valence-electron chi connectivity index (χ3n) is 3.37. The van der Waals surface area contributed by atoms with Crippen LogP contribution in [0.1, 0.15) is 52.5 Å². The summed E-state index contributed by atoms with van der Waals surface area (Å²) in [6.45, 7) is 11.5. The number of hydrogen-bond donors (Lipinski definition) is 2. The van der Waals surface area contributed by atoms with E-state index in [1.54, 1.807) is 0 Å². The highest BCUT2D eigenvalue weighted by molar-refractivity contribution is 5.29. The maximum absolute atomic E-state index is 9.87. The molecule has 0 aliphatic rings. The van der Waals surface area contributed by atoms with Crippen molar-refractivity contribution >= 4 is 0 Å². The van der Waals surface area contributed by atoms with Crippen molar-refractivity contribution in [3.63, 3.8) is 0 Å². The Morgan fingerprint density at radius 1 is 1.20 bits per heavy atom. The van der Waals surface area contributed by atoms with Crippen LogP contribution in [0.3, 0.4) is 0 Å². The van der Waals surface area contributed by atoms with Crippen LogP contribution in [0.5, 0.6) is 5.75 Å². The third kappa shape index (κ3) is 6.40. The van der Waals surface area contributed by atoms with Gasteiger partial charge in [-0.15, -0.1) is 0 Å². The molecule has 2 N–H and O–H groups in total. The van der Waals surface area contributed by atoms with Gasteiger partial charge in [-0.25, -0.2) is 0 Å². The predicted molar refractivity (Wildman–Crippen MR) is 84.4 cm³/mol. The van der Waals surface area contributed by atoms with Crippen LogP contribution in [0.25, 0.3) is 0 Å². The number of aliphatic hydroxyl groups excluding tert-OH is 1. The van der Waals surface area contributed by atoms with E-state index in [0.29, 0.717) is 19.1 Å². The van der Waals surface area contributed by atoms with Crippen LogP contribution >= 0.6 is 0 Å². The molecule has 0 aliphatic carbocycles. The van der Waals surface area contributed by atoms with Crippen molar-refractivity contribution in [3.8, 4) is 5.75 Å². The second-order valence-corrected chi connectivity index (χ2v) is 6.47. The summed E-state index contributed by atoms with van der Waals surface area (Å²) in [5, 5.41) is 13.1. The Kier molecular flexibility index (Phi) is 6.50. The van der Waals surface area contributed by atoms with E-state index in [1.807, 2.05) is 12.1 Å². The first-order valence-electron chi connectivity index (χ1n) is 7.47. The Balaban J connectivity index is 2.38. The van der Waals surface area contributed by atoms with E-state index in [1.165, 1.54) is 5.56 Å². The minimum Gasteiger partial charge on any atom is -0.491 e. The summed E-state index contributed by atoms with van der Waals surface area (Å²) in [5.41, 5.74) is 1.34. The van der Waals surface area contributed by atoms with Crippen molar-refractivity contribution < 1.29 is 9.84 Å². The number of benzene rings is 1. The molecule has 0 spiro atoms. The lowest BCUT2D eigenvalue weighted by molar-refractivity contribution is 0.100. The lowest BCUT2D eigenvalue weighted by Gasteiger charge is -2.23. The SMILES string of the molecule is CCC(C)c1ccc(OCC(O)CNC(C)(C)C)cc1. The number of ether oxygens (including phenoxy) is 1. The molecule has 2 atom stereocenters. The molecule has 3 heteroatoms. The molecule has 2 unspecified atom stereocenters. The maximum atomic E-state index is 9.87. The van der Waals surface area contributed by atoms with Gasteiger partial charge in [0, 0.05) is 12.1 Å². The summed E-state index contributed by atoms with van der Waals surface area (Å²) in [6.07, 6.45) is 0.640. The lowest BCUT2D eigenvalue weighted by Crippen LogP contribution is -2.42. The molecular weight excluding hydrogens is 250 g/mol. The smallest absolute Gasteiger partial charge is 0.119 e. The average Bonchev–Trinajstić information content (AvgIpc) is 2.41. The fourth-order valence-electron chi connectivity index (χ4n) is 1.80. The zero-order valence-electron chi connectivity index (χ0n) is 13.4. The summed E-state index contributed by atoms with van der Waals surface area (Å²) in [4.78, 5) is 0. The standard InChI is InChI=1S/C17H29NO2/c1-6-13(2)14-7-9-16(10-8-14)20-12-15(19)11-18-17(3,4)5/h7-10,13,15,18-19H,6,11-12H2,1-5H3. The van der Waals surface area contributed by atoms with E-state index in [9.17, 15) is 5.11 Å². The molecule has 3 nitrogen and oxygen atoms in total. The molecular formula is C17H29NO2. The first-order chi connectivity index (χ1) is 9.31. The minimum absolute atomic E-state index is 0.0128. The Labute approximate surface area is 123 Å². The first-order valence-corrected chi connectivity index (χ1v) is 7.47. The lowest BCUT2D eigenvalue weighted by atomic mass is 9.99. The molecule has 0 saturated heterocycles. The van der Waals surface area contributed by atoms with Gasteiger partial charge in [-0.05, 0) is 50.8 Å². The van der Waals surface area contributed by atoms with Gasteiger partial charge in [0.15, 0.2) is 0 Å². The van der Waals surface area contributed by atoms with Crippen LogP contribution in [0.2, 0.25) is 0 Å². The molecule has 0 aliphatic heterocycles. The Bertz CT molecular complexity index is 381. The van der Waals surface area contributed by atoms with Crippen molar-refractivity contribution in [2.75, 3.05) is 13.2 Å². The first kappa shape index (κ1) is 17.0. The Morgan fingerprint density at radius 2 is 1.80 bits per heavy atom. The molecule has 0 heterocycles. The molecule has 1 rings (SSSR count). The van der Waals surface area contributed by atoms with Crippen molar-refractivity contribution in [2.45, 2.75) is 58.6 Å². The predicted octanol–water partition coefficient (Wildman–Crippen LogP) is 3.33. The molecule has 1 aromatic carbocycles. The molecule has 20 heavy (non-hydrogen) atoms. The van der Waals surface area contributed by atoms with Gasteiger partial charge in [-0.1, -0.05) is 26.0 Å². The van der Waals surface area contributed by atoms with Gasteiger partial charge in [-0.2, -0.15) is 0 Å². The van der Waals surface area contributed by atoms with Crippen molar-refractivity contribution in [1.82, 2.24) is 5.32 Å². The van der Waals surface area contributed by atoms with Gasteiger partial charge in [-0.3, -0.25) is 0 Å². The van der Waals surface area contributed by atoms with E-state index in [2.05, 4.69) is 52.1 Å². The number of rotatable bonds is 7. The Morgan fingerprint density at radius 3 is 2.30 bits per heavy atom. The van der Waals surface area contributed by atoms with Gasteiger partial charge >= 0.3 is 0 Å². The van der Waals surface area contributed by atoms with Crippen molar-refractivity contribution in [3.05, 3.63) is 29.8 Å². The molecule has 0 saturated carbocycles. The zero-order chi connectivity index (χ0) is 15.2. The number of aliphatic hydroxyl groups is 1. The van der Waals surface area contributed by atoms with E-state index >= 15 is 0 Å². The highest BCUT2D eigenvalue weighted by Crippen LogP contribution is 2.21. The highest BCUT2D eigenvalue weighted by atomic mass is 16.5.